The van der Waals surface area contributed by atoms with E-state index in [4.69, 9.17) is 0 Å². The molecule has 2 aliphatic heterocycles. The van der Waals surface area contributed by atoms with Crippen molar-refractivity contribution in [2.24, 2.45) is 17.3 Å². The van der Waals surface area contributed by atoms with E-state index in [2.05, 4.69) is 156 Å². The third-order valence-corrected chi connectivity index (χ3v) is 15.3. The number of hydrogen-bond donors (Lipinski definition) is 1. The normalized spacial score (nSPS) is 26.1. The Hall–Kier alpha value is -5.54. The monoisotopic (exact) mass is 769 g/mol. The first-order chi connectivity index (χ1) is 29.0. The molecule has 12 rings (SSSR count). The van der Waals surface area contributed by atoms with E-state index >= 15 is 0 Å². The van der Waals surface area contributed by atoms with Crippen LogP contribution in [0.2, 0.25) is 0 Å². The van der Waals surface area contributed by atoms with Crippen molar-refractivity contribution >= 4 is 33.7 Å². The average molecular weight is 770 g/mol. The van der Waals surface area contributed by atoms with Gasteiger partial charge in [-0.25, -0.2) is 0 Å². The SMILES string of the molecule is CC1(C)C2=CC=C(N3C4=C(C=CCC4)C4C=C(c5ccc6c(c5)c5c(n6-c6cc(C7=CCNC=C7)cc(C7=CC=CCC7)c6)C=CCC5)CCC43)CC2C2=C1CCC=C2. The molecule has 0 spiro atoms. The summed E-state index contributed by atoms with van der Waals surface area (Å²) in [6.07, 6.45) is 48.3. The molecule has 0 bridgehead atoms. The van der Waals surface area contributed by atoms with Gasteiger partial charge in [-0.15, -0.1) is 0 Å². The van der Waals surface area contributed by atoms with Gasteiger partial charge in [0.25, 0.3) is 0 Å². The van der Waals surface area contributed by atoms with Crippen LogP contribution in [0.15, 0.2) is 155 Å². The van der Waals surface area contributed by atoms with Gasteiger partial charge in [0.05, 0.1) is 5.52 Å². The van der Waals surface area contributed by atoms with Crippen LogP contribution in [0.4, 0.5) is 0 Å². The van der Waals surface area contributed by atoms with Gasteiger partial charge in [0.1, 0.15) is 0 Å². The summed E-state index contributed by atoms with van der Waals surface area (Å²) in [5.41, 5.74) is 23.6. The van der Waals surface area contributed by atoms with E-state index in [1.807, 2.05) is 0 Å². The first kappa shape index (κ1) is 35.4. The van der Waals surface area contributed by atoms with Gasteiger partial charge in [0.2, 0.25) is 0 Å². The number of allylic oxidation sites excluding steroid dienone is 19. The molecule has 294 valence electrons. The molecule has 9 aliphatic rings. The van der Waals surface area contributed by atoms with Gasteiger partial charge in [-0.2, -0.15) is 0 Å². The molecule has 3 unspecified atom stereocenters. The number of aryl methyl sites for hydroxylation is 1. The molecule has 0 amide bonds. The summed E-state index contributed by atoms with van der Waals surface area (Å²) in [6, 6.07) is 15.2. The molecule has 3 nitrogen and oxygen atoms in total. The van der Waals surface area contributed by atoms with E-state index in [9.17, 15) is 0 Å². The molecule has 7 aliphatic carbocycles. The van der Waals surface area contributed by atoms with Gasteiger partial charge in [-0.3, -0.25) is 0 Å². The second kappa shape index (κ2) is 13.8. The average Bonchev–Trinajstić information content (AvgIpc) is 3.89. The molecule has 0 fully saturated rings. The third-order valence-electron chi connectivity index (χ3n) is 15.3. The number of fused-ring (bicyclic) bond motifs is 7. The highest BCUT2D eigenvalue weighted by molar-refractivity contribution is 5.94. The number of rotatable bonds is 5. The Morgan fingerprint density at radius 2 is 1.58 bits per heavy atom. The van der Waals surface area contributed by atoms with Gasteiger partial charge in [-0.05, 0) is 176 Å². The second-order valence-electron chi connectivity index (χ2n) is 18.8. The van der Waals surface area contributed by atoms with Gasteiger partial charge in [0, 0.05) is 58.0 Å². The summed E-state index contributed by atoms with van der Waals surface area (Å²) < 4.78 is 2.57. The Labute approximate surface area is 350 Å². The molecule has 0 saturated carbocycles. The molecule has 59 heavy (non-hydrogen) atoms. The van der Waals surface area contributed by atoms with Crippen LogP contribution in [-0.2, 0) is 6.42 Å². The minimum atomic E-state index is 0.179. The third kappa shape index (κ3) is 5.60. The number of benzene rings is 2. The second-order valence-corrected chi connectivity index (χ2v) is 18.8. The highest BCUT2D eigenvalue weighted by Gasteiger charge is 2.47. The molecule has 2 aromatic carbocycles. The molecule has 3 heteroatoms. The smallest absolute Gasteiger partial charge is 0.0538 e. The Balaban J connectivity index is 0.919. The minimum Gasteiger partial charge on any atom is -0.387 e. The predicted octanol–water partition coefficient (Wildman–Crippen LogP) is 13.4. The molecule has 1 N–H and O–H groups in total. The fraction of sp³-hybridized carbons (Fsp3) is 0.321. The maximum Gasteiger partial charge on any atom is 0.0538 e. The Bertz CT molecular complexity index is 2730. The lowest BCUT2D eigenvalue weighted by molar-refractivity contribution is 0.272. The lowest BCUT2D eigenvalue weighted by atomic mass is 9.75. The highest BCUT2D eigenvalue weighted by Crippen LogP contribution is 2.58. The molecular formula is C56H55N3. The zero-order valence-corrected chi connectivity index (χ0v) is 34.7. The molecule has 3 heterocycles. The molecule has 1 aromatic heterocycles. The largest absolute Gasteiger partial charge is 0.387 e. The van der Waals surface area contributed by atoms with E-state index in [-0.39, 0.29) is 5.41 Å². The topological polar surface area (TPSA) is 20.2 Å². The van der Waals surface area contributed by atoms with Crippen molar-refractivity contribution < 1.29 is 0 Å². The van der Waals surface area contributed by atoms with Crippen LogP contribution < -0.4 is 5.32 Å². The number of hydrogen-bond acceptors (Lipinski definition) is 2. The number of nitrogens with one attached hydrogen (secondary N) is 1. The minimum absolute atomic E-state index is 0.179. The highest BCUT2D eigenvalue weighted by atomic mass is 15.2. The van der Waals surface area contributed by atoms with Crippen molar-refractivity contribution in [3.63, 3.8) is 0 Å². The fourth-order valence-corrected chi connectivity index (χ4v) is 12.5. The van der Waals surface area contributed by atoms with Crippen molar-refractivity contribution in [1.29, 1.82) is 0 Å². The van der Waals surface area contributed by atoms with Crippen LogP contribution in [0.5, 0.6) is 0 Å². The van der Waals surface area contributed by atoms with Crippen LogP contribution in [0, 0.1) is 17.3 Å². The molecular weight excluding hydrogens is 715 g/mol. The zero-order chi connectivity index (χ0) is 39.2. The summed E-state index contributed by atoms with van der Waals surface area (Å²) >= 11 is 0. The summed E-state index contributed by atoms with van der Waals surface area (Å²) in [6.45, 7) is 5.81. The van der Waals surface area contributed by atoms with E-state index in [0.29, 0.717) is 17.9 Å². The van der Waals surface area contributed by atoms with Crippen LogP contribution >= 0.6 is 0 Å². The predicted molar refractivity (Wildman–Crippen MR) is 247 cm³/mol. The zero-order valence-electron chi connectivity index (χ0n) is 34.7. The van der Waals surface area contributed by atoms with E-state index in [1.54, 1.807) is 33.7 Å². The lowest BCUT2D eigenvalue weighted by Gasteiger charge is -2.39. The van der Waals surface area contributed by atoms with E-state index in [0.717, 1.165) is 57.9 Å². The standard InChI is InChI=1S/C56H55N3/c1-56(2)50-17-9-6-14-44(50)47-35-42(22-23-51(47)56)58-52-18-10-7-15-45(52)48-33-38(20-24-54(48)58)39-21-25-55-49(34-39)46-16-8-11-19-53(46)59(55)43-31-40(36-12-4-3-5-13-36)30-41(32-43)37-26-28-57-29-27-37/h3-4,6-7,11-12,14-15,19,21-23,25-28,30-34,47-48,54,57H,5,8-10,13,16-18,20,24,29,35H2,1-2H3. The molecule has 3 atom stereocenters. The van der Waals surface area contributed by atoms with Crippen molar-refractivity contribution in [1.82, 2.24) is 14.8 Å². The lowest BCUT2D eigenvalue weighted by Crippen LogP contribution is -2.36. The molecule has 0 radical (unpaired) electrons. The number of dihydropyridines is 1. The van der Waals surface area contributed by atoms with Crippen molar-refractivity contribution in [3.8, 4) is 5.69 Å². The summed E-state index contributed by atoms with van der Waals surface area (Å²) in [5.74, 6) is 0.962. The van der Waals surface area contributed by atoms with Crippen LogP contribution in [-0.4, -0.2) is 22.1 Å². The van der Waals surface area contributed by atoms with Crippen molar-refractivity contribution in [3.05, 3.63) is 183 Å². The molecule has 0 saturated heterocycles. The van der Waals surface area contributed by atoms with Crippen LogP contribution in [0.3, 0.4) is 0 Å². The fourth-order valence-electron chi connectivity index (χ4n) is 12.5. The van der Waals surface area contributed by atoms with E-state index < -0.39 is 0 Å². The van der Waals surface area contributed by atoms with Gasteiger partial charge in [0.15, 0.2) is 0 Å². The maximum absolute atomic E-state index is 3.35. The first-order valence-electron chi connectivity index (χ1n) is 22.7. The van der Waals surface area contributed by atoms with Gasteiger partial charge in [-0.1, -0.05) is 97.9 Å². The Morgan fingerprint density at radius 1 is 0.729 bits per heavy atom. The number of aromatic nitrogens is 1. The first-order valence-corrected chi connectivity index (χ1v) is 22.7. The Morgan fingerprint density at radius 3 is 2.46 bits per heavy atom. The summed E-state index contributed by atoms with van der Waals surface area (Å²) in [7, 11) is 0. The van der Waals surface area contributed by atoms with E-state index in [1.165, 1.54) is 80.5 Å². The van der Waals surface area contributed by atoms with Gasteiger partial charge >= 0.3 is 0 Å². The summed E-state index contributed by atoms with van der Waals surface area (Å²) in [5, 5.41) is 4.77. The van der Waals surface area contributed by atoms with Gasteiger partial charge < -0.3 is 14.8 Å². The quantitative estimate of drug-likeness (QED) is 0.279. The molecule has 3 aromatic rings. The van der Waals surface area contributed by atoms with Crippen molar-refractivity contribution in [2.45, 2.75) is 90.5 Å². The van der Waals surface area contributed by atoms with Crippen LogP contribution in [0.25, 0.3) is 39.4 Å². The number of nitrogens with zero attached hydrogens (tertiary/aromatic N) is 2. The van der Waals surface area contributed by atoms with Crippen molar-refractivity contribution in [2.75, 3.05) is 6.54 Å². The summed E-state index contributed by atoms with van der Waals surface area (Å²) in [4.78, 5) is 2.85. The maximum atomic E-state index is 3.35. The van der Waals surface area contributed by atoms with Crippen LogP contribution in [0.1, 0.15) is 106 Å². The Kier molecular flexibility index (Phi) is 8.26.